The first-order valence-electron chi connectivity index (χ1n) is 7.04. The fourth-order valence-electron chi connectivity index (χ4n) is 1.85. The molecule has 0 spiro atoms. The van der Waals surface area contributed by atoms with E-state index < -0.39 is 5.60 Å². The van der Waals surface area contributed by atoms with Crippen molar-refractivity contribution in [2.75, 3.05) is 12.3 Å². The summed E-state index contributed by atoms with van der Waals surface area (Å²) in [6.07, 6.45) is 1.23. The van der Waals surface area contributed by atoms with Gasteiger partial charge in [-0.2, -0.15) is 0 Å². The summed E-state index contributed by atoms with van der Waals surface area (Å²) in [6.45, 7) is 4.08. The number of hydrogen-bond donors (Lipinski definition) is 2. The summed E-state index contributed by atoms with van der Waals surface area (Å²) in [4.78, 5) is 16.1. The van der Waals surface area contributed by atoms with Crippen LogP contribution in [0.1, 0.15) is 26.7 Å². The van der Waals surface area contributed by atoms with Gasteiger partial charge in [-0.1, -0.05) is 37.7 Å². The van der Waals surface area contributed by atoms with Crippen molar-refractivity contribution in [2.24, 2.45) is 0 Å². The minimum atomic E-state index is -0.821. The van der Waals surface area contributed by atoms with Gasteiger partial charge in [-0.25, -0.2) is 4.98 Å². The topological polar surface area (TPSA) is 75.4 Å². The SMILES string of the molecule is CCC(O)(CC)CNC(=O)CSc1nc2ccccc2o1. The number of nitrogens with one attached hydrogen (secondary N) is 1. The van der Waals surface area contributed by atoms with Gasteiger partial charge in [-0.05, 0) is 25.0 Å². The second-order valence-corrected chi connectivity index (χ2v) is 5.87. The largest absolute Gasteiger partial charge is 0.431 e. The maximum atomic E-state index is 11.8. The van der Waals surface area contributed by atoms with Crippen molar-refractivity contribution in [3.8, 4) is 0 Å². The zero-order valence-electron chi connectivity index (χ0n) is 12.3. The minimum Gasteiger partial charge on any atom is -0.431 e. The van der Waals surface area contributed by atoms with E-state index in [9.17, 15) is 9.90 Å². The lowest BCUT2D eigenvalue weighted by molar-refractivity contribution is -0.119. The number of oxazole rings is 1. The summed E-state index contributed by atoms with van der Waals surface area (Å²) in [5, 5.41) is 13.3. The molecule has 21 heavy (non-hydrogen) atoms. The Hall–Kier alpha value is -1.53. The number of amides is 1. The van der Waals surface area contributed by atoms with E-state index in [1.54, 1.807) is 0 Å². The standard InChI is InChI=1S/C15H20N2O3S/c1-3-15(19,4-2)10-16-13(18)9-21-14-17-11-7-5-6-8-12(11)20-14/h5-8,19H,3-4,9-10H2,1-2H3,(H,16,18). The molecule has 0 fully saturated rings. The molecule has 0 aliphatic rings. The van der Waals surface area contributed by atoms with Gasteiger partial charge in [-0.15, -0.1) is 0 Å². The fraction of sp³-hybridized carbons (Fsp3) is 0.467. The number of thioether (sulfide) groups is 1. The van der Waals surface area contributed by atoms with Gasteiger partial charge < -0.3 is 14.8 Å². The fourth-order valence-corrected chi connectivity index (χ4v) is 2.52. The molecule has 6 heteroatoms. The van der Waals surface area contributed by atoms with E-state index >= 15 is 0 Å². The second kappa shape index (κ2) is 6.95. The van der Waals surface area contributed by atoms with Crippen LogP contribution in [0.5, 0.6) is 0 Å². The normalized spacial score (nSPS) is 11.8. The Bertz CT molecular complexity index is 575. The van der Waals surface area contributed by atoms with E-state index in [1.807, 2.05) is 38.1 Å². The van der Waals surface area contributed by atoms with Gasteiger partial charge in [-0.3, -0.25) is 4.79 Å². The van der Waals surface area contributed by atoms with Gasteiger partial charge in [0.2, 0.25) is 5.91 Å². The van der Waals surface area contributed by atoms with Gasteiger partial charge >= 0.3 is 0 Å². The molecular formula is C15H20N2O3S. The van der Waals surface area contributed by atoms with Crippen LogP contribution in [0.3, 0.4) is 0 Å². The van der Waals surface area contributed by atoms with Crippen molar-refractivity contribution < 1.29 is 14.3 Å². The summed E-state index contributed by atoms with van der Waals surface area (Å²) in [7, 11) is 0. The van der Waals surface area contributed by atoms with Crippen LogP contribution >= 0.6 is 11.8 Å². The highest BCUT2D eigenvalue weighted by atomic mass is 32.2. The van der Waals surface area contributed by atoms with Crippen LogP contribution < -0.4 is 5.32 Å². The van der Waals surface area contributed by atoms with E-state index in [2.05, 4.69) is 10.3 Å². The average molecular weight is 308 g/mol. The van der Waals surface area contributed by atoms with E-state index in [0.717, 1.165) is 5.52 Å². The van der Waals surface area contributed by atoms with E-state index in [1.165, 1.54) is 11.8 Å². The van der Waals surface area contributed by atoms with Gasteiger partial charge in [0.25, 0.3) is 5.22 Å². The van der Waals surface area contributed by atoms with Gasteiger partial charge in [0.1, 0.15) is 5.52 Å². The molecule has 1 heterocycles. The number of benzene rings is 1. The molecule has 1 aromatic carbocycles. The Labute approximate surface area is 128 Å². The Morgan fingerprint density at radius 3 is 2.76 bits per heavy atom. The lowest BCUT2D eigenvalue weighted by Crippen LogP contribution is -2.42. The maximum absolute atomic E-state index is 11.8. The maximum Gasteiger partial charge on any atom is 0.257 e. The number of rotatable bonds is 7. The summed E-state index contributed by atoms with van der Waals surface area (Å²) in [5.74, 6) is 0.0821. The zero-order chi connectivity index (χ0) is 15.3. The molecule has 1 amide bonds. The molecule has 0 aliphatic heterocycles. The number of aliphatic hydroxyl groups is 1. The smallest absolute Gasteiger partial charge is 0.257 e. The molecule has 0 unspecified atom stereocenters. The third kappa shape index (κ3) is 4.22. The van der Waals surface area contributed by atoms with Crippen LogP contribution in [-0.4, -0.2) is 33.9 Å². The highest BCUT2D eigenvalue weighted by molar-refractivity contribution is 7.99. The van der Waals surface area contributed by atoms with Crippen molar-refractivity contribution >= 4 is 28.8 Å². The number of aromatic nitrogens is 1. The van der Waals surface area contributed by atoms with Gasteiger partial charge in [0, 0.05) is 6.54 Å². The van der Waals surface area contributed by atoms with Crippen LogP contribution in [-0.2, 0) is 4.79 Å². The van der Waals surface area contributed by atoms with Crippen molar-refractivity contribution in [3.63, 3.8) is 0 Å². The molecule has 1 aromatic heterocycles. The molecule has 2 aromatic rings. The first kappa shape index (κ1) is 15.9. The number of carbonyl (C=O) groups is 1. The Kier molecular flexibility index (Phi) is 5.25. The quantitative estimate of drug-likeness (QED) is 0.769. The molecule has 2 N–H and O–H groups in total. The molecule has 0 radical (unpaired) electrons. The minimum absolute atomic E-state index is 0.136. The average Bonchev–Trinajstić information content (AvgIpc) is 2.93. The second-order valence-electron chi connectivity index (χ2n) is 4.94. The van der Waals surface area contributed by atoms with Crippen LogP contribution in [0.25, 0.3) is 11.1 Å². The third-order valence-electron chi connectivity index (χ3n) is 3.53. The highest BCUT2D eigenvalue weighted by Gasteiger charge is 2.22. The van der Waals surface area contributed by atoms with Gasteiger partial charge in [0.15, 0.2) is 5.58 Å². The van der Waals surface area contributed by atoms with E-state index in [4.69, 9.17) is 4.42 Å². The van der Waals surface area contributed by atoms with E-state index in [0.29, 0.717) is 23.6 Å². The molecule has 0 aliphatic carbocycles. The Morgan fingerprint density at radius 1 is 1.38 bits per heavy atom. The predicted molar refractivity (Wildman–Crippen MR) is 83.3 cm³/mol. The van der Waals surface area contributed by atoms with Crippen LogP contribution in [0.2, 0.25) is 0 Å². The van der Waals surface area contributed by atoms with Crippen molar-refractivity contribution in [2.45, 2.75) is 37.5 Å². The summed E-state index contributed by atoms with van der Waals surface area (Å²) in [6, 6.07) is 7.48. The number of para-hydroxylation sites is 2. The summed E-state index contributed by atoms with van der Waals surface area (Å²) >= 11 is 1.25. The number of fused-ring (bicyclic) bond motifs is 1. The van der Waals surface area contributed by atoms with Crippen LogP contribution in [0.15, 0.2) is 33.9 Å². The van der Waals surface area contributed by atoms with E-state index in [-0.39, 0.29) is 18.2 Å². The predicted octanol–water partition coefficient (Wildman–Crippen LogP) is 2.59. The lowest BCUT2D eigenvalue weighted by atomic mass is 9.98. The summed E-state index contributed by atoms with van der Waals surface area (Å²) < 4.78 is 5.53. The zero-order valence-corrected chi connectivity index (χ0v) is 13.1. The number of nitrogens with zero attached hydrogens (tertiary/aromatic N) is 1. The molecular weight excluding hydrogens is 288 g/mol. The lowest BCUT2D eigenvalue weighted by Gasteiger charge is -2.25. The Balaban J connectivity index is 1.83. The molecule has 0 atom stereocenters. The summed E-state index contributed by atoms with van der Waals surface area (Å²) in [5.41, 5.74) is 0.677. The highest BCUT2D eigenvalue weighted by Crippen LogP contribution is 2.22. The first-order valence-corrected chi connectivity index (χ1v) is 8.02. The van der Waals surface area contributed by atoms with Crippen LogP contribution in [0, 0.1) is 0 Å². The molecule has 5 nitrogen and oxygen atoms in total. The number of hydrogen-bond acceptors (Lipinski definition) is 5. The van der Waals surface area contributed by atoms with Gasteiger partial charge in [0.05, 0.1) is 11.4 Å². The monoisotopic (exact) mass is 308 g/mol. The van der Waals surface area contributed by atoms with Crippen molar-refractivity contribution in [3.05, 3.63) is 24.3 Å². The van der Waals surface area contributed by atoms with Crippen LogP contribution in [0.4, 0.5) is 0 Å². The third-order valence-corrected chi connectivity index (χ3v) is 4.36. The molecule has 2 rings (SSSR count). The Morgan fingerprint density at radius 2 is 2.10 bits per heavy atom. The van der Waals surface area contributed by atoms with Crippen molar-refractivity contribution in [1.82, 2.24) is 10.3 Å². The first-order chi connectivity index (χ1) is 10.1. The molecule has 0 saturated heterocycles. The number of carbonyl (C=O) groups excluding carboxylic acids is 1. The van der Waals surface area contributed by atoms with Crippen molar-refractivity contribution in [1.29, 1.82) is 0 Å². The molecule has 0 bridgehead atoms. The molecule has 114 valence electrons. The molecule has 0 saturated carbocycles.